The van der Waals surface area contributed by atoms with Crippen molar-refractivity contribution in [1.29, 1.82) is 0 Å². The van der Waals surface area contributed by atoms with E-state index in [0.717, 1.165) is 44.0 Å². The van der Waals surface area contributed by atoms with Gasteiger partial charge in [-0.05, 0) is 48.9 Å². The third kappa shape index (κ3) is 4.22. The smallest absolute Gasteiger partial charge is 0.132 e. The monoisotopic (exact) mass is 343 g/mol. The number of hydrogen-bond acceptors (Lipinski definition) is 5. The van der Waals surface area contributed by atoms with Gasteiger partial charge in [0.05, 0.1) is 7.11 Å². The minimum Gasteiger partial charge on any atom is -0.496 e. The first-order valence-corrected chi connectivity index (χ1v) is 9.63. The van der Waals surface area contributed by atoms with Crippen LogP contribution in [0.25, 0.3) is 0 Å². The molecule has 3 rings (SSSR count). The van der Waals surface area contributed by atoms with Gasteiger partial charge in [-0.15, -0.1) is 11.8 Å². The Hall–Kier alpha value is -1.72. The van der Waals surface area contributed by atoms with Crippen LogP contribution in [-0.4, -0.2) is 37.5 Å². The number of piperidine rings is 1. The number of thioether (sulfide) groups is 1. The highest BCUT2D eigenvalue weighted by atomic mass is 32.2. The first kappa shape index (κ1) is 17.1. The highest BCUT2D eigenvalue weighted by Gasteiger charge is 2.19. The Kier molecular flexibility index (Phi) is 5.99. The van der Waals surface area contributed by atoms with E-state index >= 15 is 0 Å². The standard InChI is InChI=1S/C19H25N3OS/c1-23-17-13-15(6-7-18(17)24-2)14-21-16-8-11-22(12-9-16)19-5-3-4-10-20-19/h3-7,10,13,16,21H,8-9,11-12,14H2,1-2H3. The molecule has 1 N–H and O–H groups in total. The number of anilines is 1. The number of hydrogen-bond donors (Lipinski definition) is 1. The van der Waals surface area contributed by atoms with Crippen LogP contribution in [0.1, 0.15) is 18.4 Å². The molecular weight excluding hydrogens is 318 g/mol. The van der Waals surface area contributed by atoms with E-state index in [4.69, 9.17) is 4.74 Å². The molecule has 1 aromatic carbocycles. The molecule has 24 heavy (non-hydrogen) atoms. The molecule has 0 saturated carbocycles. The number of rotatable bonds is 6. The van der Waals surface area contributed by atoms with Gasteiger partial charge in [-0.1, -0.05) is 12.1 Å². The number of ether oxygens (including phenoxy) is 1. The molecule has 0 unspecified atom stereocenters. The lowest BCUT2D eigenvalue weighted by Crippen LogP contribution is -2.42. The van der Waals surface area contributed by atoms with Crippen molar-refractivity contribution < 1.29 is 4.74 Å². The minimum atomic E-state index is 0.566. The molecule has 1 aromatic heterocycles. The molecule has 1 aliphatic heterocycles. The molecule has 2 heterocycles. The lowest BCUT2D eigenvalue weighted by Gasteiger charge is -2.33. The molecule has 1 fully saturated rings. The second-order valence-electron chi connectivity index (χ2n) is 6.02. The molecule has 1 saturated heterocycles. The van der Waals surface area contributed by atoms with Gasteiger partial charge in [0, 0.05) is 36.8 Å². The highest BCUT2D eigenvalue weighted by Crippen LogP contribution is 2.28. The fourth-order valence-electron chi connectivity index (χ4n) is 3.11. The van der Waals surface area contributed by atoms with Crippen molar-refractivity contribution >= 4 is 17.6 Å². The maximum absolute atomic E-state index is 5.47. The van der Waals surface area contributed by atoms with E-state index in [1.54, 1.807) is 18.9 Å². The van der Waals surface area contributed by atoms with E-state index in [1.165, 1.54) is 10.5 Å². The van der Waals surface area contributed by atoms with Crippen LogP contribution in [-0.2, 0) is 6.54 Å². The lowest BCUT2D eigenvalue weighted by atomic mass is 10.0. The van der Waals surface area contributed by atoms with E-state index in [2.05, 4.69) is 51.8 Å². The highest BCUT2D eigenvalue weighted by molar-refractivity contribution is 7.98. The Morgan fingerprint density at radius 2 is 2.08 bits per heavy atom. The van der Waals surface area contributed by atoms with Crippen LogP contribution in [0, 0.1) is 0 Å². The third-order valence-corrected chi connectivity index (χ3v) is 5.29. The molecule has 128 valence electrons. The van der Waals surface area contributed by atoms with E-state index in [9.17, 15) is 0 Å². The van der Waals surface area contributed by atoms with Crippen LogP contribution >= 0.6 is 11.8 Å². The number of pyridine rings is 1. The Bertz CT molecular complexity index is 642. The molecule has 1 aliphatic rings. The van der Waals surface area contributed by atoms with Crippen molar-refractivity contribution in [2.75, 3.05) is 31.4 Å². The van der Waals surface area contributed by atoms with E-state index in [0.29, 0.717) is 6.04 Å². The van der Waals surface area contributed by atoms with Crippen molar-refractivity contribution in [1.82, 2.24) is 10.3 Å². The van der Waals surface area contributed by atoms with Crippen LogP contribution in [0.4, 0.5) is 5.82 Å². The van der Waals surface area contributed by atoms with Crippen molar-refractivity contribution in [3.05, 3.63) is 48.2 Å². The van der Waals surface area contributed by atoms with Crippen LogP contribution in [0.3, 0.4) is 0 Å². The van der Waals surface area contributed by atoms with Gasteiger partial charge in [-0.25, -0.2) is 4.98 Å². The zero-order valence-corrected chi connectivity index (χ0v) is 15.2. The molecule has 0 atom stereocenters. The Labute approximate surface area is 148 Å². The van der Waals surface area contributed by atoms with Crippen LogP contribution in [0.5, 0.6) is 5.75 Å². The lowest BCUT2D eigenvalue weighted by molar-refractivity contribution is 0.400. The van der Waals surface area contributed by atoms with Crippen molar-refractivity contribution in [3.8, 4) is 5.75 Å². The van der Waals surface area contributed by atoms with Gasteiger partial charge in [-0.3, -0.25) is 0 Å². The van der Waals surface area contributed by atoms with Crippen LogP contribution in [0.2, 0.25) is 0 Å². The molecule has 0 bridgehead atoms. The summed E-state index contributed by atoms with van der Waals surface area (Å²) in [7, 11) is 1.74. The van der Waals surface area contributed by atoms with Crippen molar-refractivity contribution in [2.45, 2.75) is 30.3 Å². The number of nitrogens with one attached hydrogen (secondary N) is 1. The second kappa shape index (κ2) is 8.40. The second-order valence-corrected chi connectivity index (χ2v) is 6.87. The minimum absolute atomic E-state index is 0.566. The summed E-state index contributed by atoms with van der Waals surface area (Å²) in [6, 6.07) is 13.1. The Balaban J connectivity index is 1.50. The summed E-state index contributed by atoms with van der Waals surface area (Å²) < 4.78 is 5.47. The van der Waals surface area contributed by atoms with E-state index < -0.39 is 0 Å². The average Bonchev–Trinajstić information content (AvgIpc) is 2.67. The summed E-state index contributed by atoms with van der Waals surface area (Å²) in [5, 5.41) is 3.69. The molecule has 2 aromatic rings. The fourth-order valence-corrected chi connectivity index (χ4v) is 3.65. The summed E-state index contributed by atoms with van der Waals surface area (Å²) in [5.41, 5.74) is 1.27. The number of aromatic nitrogens is 1. The maximum atomic E-state index is 5.47. The van der Waals surface area contributed by atoms with Gasteiger partial charge in [0.25, 0.3) is 0 Å². The number of benzene rings is 1. The predicted octanol–water partition coefficient (Wildman–Crippen LogP) is 3.57. The quantitative estimate of drug-likeness (QED) is 0.812. The van der Waals surface area contributed by atoms with Gasteiger partial charge >= 0.3 is 0 Å². The molecule has 4 nitrogen and oxygen atoms in total. The third-order valence-electron chi connectivity index (χ3n) is 4.51. The van der Waals surface area contributed by atoms with Gasteiger partial charge in [0.1, 0.15) is 11.6 Å². The number of nitrogens with zero attached hydrogens (tertiary/aromatic N) is 2. The van der Waals surface area contributed by atoms with Gasteiger partial charge in [-0.2, -0.15) is 0 Å². The molecule has 0 aliphatic carbocycles. The topological polar surface area (TPSA) is 37.4 Å². The number of methoxy groups -OCH3 is 1. The van der Waals surface area contributed by atoms with Crippen molar-refractivity contribution in [3.63, 3.8) is 0 Å². The maximum Gasteiger partial charge on any atom is 0.132 e. The SMILES string of the molecule is COc1cc(CNC2CCN(c3ccccn3)CC2)ccc1SC. The average molecular weight is 343 g/mol. The fraction of sp³-hybridized carbons (Fsp3) is 0.421. The summed E-state index contributed by atoms with van der Waals surface area (Å²) in [6.07, 6.45) is 6.24. The molecule has 0 spiro atoms. The molecular formula is C19H25N3OS. The zero-order valence-electron chi connectivity index (χ0n) is 14.4. The first-order chi connectivity index (χ1) is 11.8. The predicted molar refractivity (Wildman–Crippen MR) is 101 cm³/mol. The molecule has 0 radical (unpaired) electrons. The van der Waals surface area contributed by atoms with Crippen LogP contribution in [0.15, 0.2) is 47.5 Å². The van der Waals surface area contributed by atoms with Gasteiger partial charge in [0.15, 0.2) is 0 Å². The Morgan fingerprint density at radius 3 is 2.75 bits per heavy atom. The summed E-state index contributed by atoms with van der Waals surface area (Å²) >= 11 is 1.72. The van der Waals surface area contributed by atoms with Gasteiger partial charge in [0.2, 0.25) is 0 Å². The van der Waals surface area contributed by atoms with Crippen molar-refractivity contribution in [2.24, 2.45) is 0 Å². The summed E-state index contributed by atoms with van der Waals surface area (Å²) in [6.45, 7) is 3.01. The normalized spacial score (nSPS) is 15.5. The summed E-state index contributed by atoms with van der Waals surface area (Å²) in [5.74, 6) is 2.06. The summed E-state index contributed by atoms with van der Waals surface area (Å²) in [4.78, 5) is 8.00. The van der Waals surface area contributed by atoms with E-state index in [1.807, 2.05) is 12.3 Å². The molecule has 5 heteroatoms. The largest absolute Gasteiger partial charge is 0.496 e. The van der Waals surface area contributed by atoms with Gasteiger partial charge < -0.3 is 15.0 Å². The Morgan fingerprint density at radius 1 is 1.25 bits per heavy atom. The first-order valence-electron chi connectivity index (χ1n) is 8.40. The molecule has 0 amide bonds. The van der Waals surface area contributed by atoms with E-state index in [-0.39, 0.29) is 0 Å². The van der Waals surface area contributed by atoms with Crippen LogP contribution < -0.4 is 15.0 Å². The zero-order chi connectivity index (χ0) is 16.8.